The van der Waals surface area contributed by atoms with Gasteiger partial charge in [0.25, 0.3) is 0 Å². The molecule has 10 rings (SSSR count). The van der Waals surface area contributed by atoms with E-state index in [1.54, 1.807) is 0 Å². The van der Waals surface area contributed by atoms with Crippen LogP contribution in [0.2, 0.25) is 13.1 Å². The Balaban J connectivity index is 0.000000157. The van der Waals surface area contributed by atoms with Gasteiger partial charge in [-0.25, -0.2) is 0 Å². The average Bonchev–Trinajstić information content (AvgIpc) is 3.83. The summed E-state index contributed by atoms with van der Waals surface area (Å²) < 4.78 is 0. The maximum Gasteiger partial charge on any atom is 4.00 e. The average molecular weight is 842 g/mol. The topological polar surface area (TPSA) is 0 Å². The monoisotopic (exact) mass is 840 g/mol. The molecule has 2 radical (unpaired) electrons. The van der Waals surface area contributed by atoms with Crippen LogP contribution < -0.4 is 0 Å². The van der Waals surface area contributed by atoms with Crippen LogP contribution in [0.4, 0.5) is 0 Å². The van der Waals surface area contributed by atoms with E-state index < -0.39 is 0 Å². The molecule has 0 heterocycles. The van der Waals surface area contributed by atoms with Crippen molar-refractivity contribution in [2.75, 3.05) is 0 Å². The molecule has 0 unspecified atom stereocenters. The first-order chi connectivity index (χ1) is 27.9. The molecular weight excluding hydrogens is 792 g/mol. The van der Waals surface area contributed by atoms with Crippen molar-refractivity contribution in [3.8, 4) is 22.3 Å². The van der Waals surface area contributed by atoms with Gasteiger partial charge in [-0.15, -0.1) is 93.3 Å². The number of aryl methyl sites for hydroxylation is 2. The summed E-state index contributed by atoms with van der Waals surface area (Å²) in [5, 5.41) is 10.6. The number of benzene rings is 8. The maximum atomic E-state index is 3.72. The largest absolute Gasteiger partial charge is 4.00 e. The van der Waals surface area contributed by atoms with Gasteiger partial charge in [0, 0.05) is 9.52 Å². The second-order valence-electron chi connectivity index (χ2n) is 14.2. The molecule has 0 aliphatic heterocycles. The predicted molar refractivity (Wildman–Crippen MR) is 254 cm³/mol. The van der Waals surface area contributed by atoms with E-state index in [0.29, 0.717) is 0 Å². The van der Waals surface area contributed by atoms with Gasteiger partial charge in [-0.2, -0.15) is 61.4 Å². The zero-order valence-electron chi connectivity index (χ0n) is 34.0. The summed E-state index contributed by atoms with van der Waals surface area (Å²) in [6.45, 7) is 16.1. The van der Waals surface area contributed by atoms with Gasteiger partial charge in [0.1, 0.15) is 0 Å². The summed E-state index contributed by atoms with van der Waals surface area (Å²) >= 11 is 0. The molecule has 0 aliphatic rings. The summed E-state index contributed by atoms with van der Waals surface area (Å²) in [5.41, 5.74) is 10.1. The fraction of sp³-hybridized carbons (Fsp3) is 0.0714. The molecule has 0 spiro atoms. The van der Waals surface area contributed by atoms with E-state index in [2.05, 4.69) is 186 Å². The van der Waals surface area contributed by atoms with Gasteiger partial charge < -0.3 is 0 Å². The Bertz CT molecular complexity index is 2570. The normalized spacial score (nSPS) is 10.1. The van der Waals surface area contributed by atoms with Crippen molar-refractivity contribution in [2.45, 2.75) is 26.9 Å². The van der Waals surface area contributed by atoms with Crippen LogP contribution in [0.15, 0.2) is 206 Å². The molecule has 0 bridgehead atoms. The quantitative estimate of drug-likeness (QED) is 0.120. The minimum Gasteiger partial charge on any atom is -0.199 e. The van der Waals surface area contributed by atoms with Crippen molar-refractivity contribution >= 4 is 52.6 Å². The molecule has 10 aromatic rings. The van der Waals surface area contributed by atoms with Gasteiger partial charge in [0.2, 0.25) is 0 Å². The Kier molecular flexibility index (Phi) is 16.3. The molecule has 0 aliphatic carbocycles. The van der Waals surface area contributed by atoms with Crippen molar-refractivity contribution in [3.05, 3.63) is 242 Å². The molecule has 0 fully saturated rings. The van der Waals surface area contributed by atoms with Crippen LogP contribution in [0.5, 0.6) is 0 Å². The Morgan fingerprint density at radius 1 is 0.362 bits per heavy atom. The molecule has 0 nitrogen and oxygen atoms in total. The Morgan fingerprint density at radius 2 is 0.655 bits per heavy atom. The van der Waals surface area contributed by atoms with Gasteiger partial charge in [-0.3, -0.25) is 0 Å². The first kappa shape index (κ1) is 43.5. The molecule has 58 heavy (non-hydrogen) atoms. The molecule has 282 valence electrons. The summed E-state index contributed by atoms with van der Waals surface area (Å²) in [7, 11) is 1.08. The van der Waals surface area contributed by atoms with Crippen LogP contribution in [-0.4, -0.2) is 9.52 Å². The Hall–Kier alpha value is -5.66. The van der Waals surface area contributed by atoms with Gasteiger partial charge in [0.15, 0.2) is 0 Å². The van der Waals surface area contributed by atoms with Crippen molar-refractivity contribution < 1.29 is 26.2 Å². The standard InChI is InChI=1S/2C20H15.2C7H7.C2H6Si.Zr/c2*1-14-12-16-8-5-11-19(20(16)13-14)18-10-4-7-15-6-2-3-9-17(15)18;2*1-7-5-3-2-4-6-7;1-3-2;/h2*2-13H,1H3;2*2-6H,1H2;1-2H3;/q4*-1;;+4. The van der Waals surface area contributed by atoms with Crippen LogP contribution >= 0.6 is 0 Å². The van der Waals surface area contributed by atoms with E-state index in [4.69, 9.17) is 0 Å². The molecule has 10 aromatic carbocycles. The summed E-state index contributed by atoms with van der Waals surface area (Å²) in [6, 6.07) is 72.2. The van der Waals surface area contributed by atoms with Crippen LogP contribution in [0.25, 0.3) is 65.3 Å². The molecular formula is C56H50SiZr. The molecule has 0 aromatic heterocycles. The fourth-order valence-electron chi connectivity index (χ4n) is 7.12. The van der Waals surface area contributed by atoms with Gasteiger partial charge in [-0.05, 0) is 32.7 Å². The third-order valence-corrected chi connectivity index (χ3v) is 9.64. The van der Waals surface area contributed by atoms with Crippen LogP contribution in [0.3, 0.4) is 0 Å². The van der Waals surface area contributed by atoms with Gasteiger partial charge >= 0.3 is 26.2 Å². The van der Waals surface area contributed by atoms with E-state index in [1.165, 1.54) is 76.5 Å². The third-order valence-electron chi connectivity index (χ3n) is 9.64. The molecule has 0 atom stereocenters. The second-order valence-corrected chi connectivity index (χ2v) is 15.2. The minimum atomic E-state index is 0. The van der Waals surface area contributed by atoms with E-state index >= 15 is 0 Å². The van der Waals surface area contributed by atoms with E-state index in [1.807, 2.05) is 60.7 Å². The predicted octanol–water partition coefficient (Wildman–Crippen LogP) is 15.9. The molecule has 0 saturated carbocycles. The second kappa shape index (κ2) is 21.8. The van der Waals surface area contributed by atoms with E-state index in [-0.39, 0.29) is 26.2 Å². The van der Waals surface area contributed by atoms with Crippen molar-refractivity contribution in [3.63, 3.8) is 0 Å². The first-order valence-electron chi connectivity index (χ1n) is 19.5. The number of hydrogen-bond acceptors (Lipinski definition) is 0. The number of fused-ring (bicyclic) bond motifs is 4. The third kappa shape index (κ3) is 11.3. The smallest absolute Gasteiger partial charge is 0.199 e. The minimum absolute atomic E-state index is 0. The molecule has 2 heteroatoms. The number of hydrogen-bond donors (Lipinski definition) is 0. The zero-order chi connectivity index (χ0) is 40.0. The Labute approximate surface area is 367 Å². The summed E-state index contributed by atoms with van der Waals surface area (Å²) in [4.78, 5) is 0. The summed E-state index contributed by atoms with van der Waals surface area (Å²) in [6.07, 6.45) is 0. The molecule has 0 N–H and O–H groups in total. The van der Waals surface area contributed by atoms with Gasteiger partial charge in [0.05, 0.1) is 0 Å². The molecule has 0 saturated heterocycles. The SMILES string of the molecule is C[Si]C.Cc1cc2c(-c3cccc4ccccc34)cccc2[cH-]1.Cc1cc2c(-c3cccc4ccccc34)cccc2[cH-]1.[CH2-]c1ccccc1.[CH2-]c1ccccc1.[Zr+4]. The van der Waals surface area contributed by atoms with Gasteiger partial charge in [-0.1, -0.05) is 147 Å². The van der Waals surface area contributed by atoms with E-state index in [0.717, 1.165) is 20.6 Å². The zero-order valence-corrected chi connectivity index (χ0v) is 37.5. The van der Waals surface area contributed by atoms with Crippen molar-refractivity contribution in [1.29, 1.82) is 0 Å². The van der Waals surface area contributed by atoms with Crippen LogP contribution in [-0.2, 0) is 26.2 Å². The fourth-order valence-corrected chi connectivity index (χ4v) is 7.12. The summed E-state index contributed by atoms with van der Waals surface area (Å²) in [5.74, 6) is 0. The van der Waals surface area contributed by atoms with Crippen LogP contribution in [0, 0.1) is 27.7 Å². The maximum absolute atomic E-state index is 3.72. The Morgan fingerprint density at radius 3 is 1.00 bits per heavy atom. The van der Waals surface area contributed by atoms with Crippen LogP contribution in [0.1, 0.15) is 22.3 Å². The van der Waals surface area contributed by atoms with E-state index in [9.17, 15) is 0 Å². The number of rotatable bonds is 2. The van der Waals surface area contributed by atoms with Crippen molar-refractivity contribution in [2.24, 2.45) is 0 Å². The first-order valence-corrected chi connectivity index (χ1v) is 21.5. The van der Waals surface area contributed by atoms with Crippen molar-refractivity contribution in [1.82, 2.24) is 0 Å². The molecule has 0 amide bonds.